The SMILES string of the molecule is COc1ccc(OCc2ccncc2Cl)c(CC(C)N)c1. The van der Waals surface area contributed by atoms with Crippen molar-refractivity contribution in [1.82, 2.24) is 4.98 Å². The van der Waals surface area contributed by atoms with Crippen molar-refractivity contribution in [3.63, 3.8) is 0 Å². The van der Waals surface area contributed by atoms with Crippen LogP contribution < -0.4 is 15.2 Å². The van der Waals surface area contributed by atoms with Crippen molar-refractivity contribution in [2.24, 2.45) is 5.73 Å². The molecule has 0 aliphatic carbocycles. The van der Waals surface area contributed by atoms with Crippen molar-refractivity contribution in [3.05, 3.63) is 52.8 Å². The lowest BCUT2D eigenvalue weighted by atomic mass is 10.1. The van der Waals surface area contributed by atoms with E-state index >= 15 is 0 Å². The predicted octanol–water partition coefficient (Wildman–Crippen LogP) is 3.21. The second-order valence-corrected chi connectivity index (χ2v) is 5.32. The molecule has 1 atom stereocenters. The minimum Gasteiger partial charge on any atom is -0.497 e. The summed E-state index contributed by atoms with van der Waals surface area (Å²) in [6.07, 6.45) is 4.02. The highest BCUT2D eigenvalue weighted by Gasteiger charge is 2.09. The summed E-state index contributed by atoms with van der Waals surface area (Å²) < 4.78 is 11.1. The standard InChI is InChI=1S/C16H19ClN2O2/c1-11(18)7-13-8-14(20-2)3-4-16(13)21-10-12-5-6-19-9-15(12)17/h3-6,8-9,11H,7,10,18H2,1-2H3. The Morgan fingerprint density at radius 1 is 1.29 bits per heavy atom. The number of halogens is 1. The molecule has 1 aromatic carbocycles. The molecule has 2 rings (SSSR count). The third kappa shape index (κ3) is 4.34. The van der Waals surface area contributed by atoms with Crippen LogP contribution >= 0.6 is 11.6 Å². The highest BCUT2D eigenvalue weighted by atomic mass is 35.5. The number of hydrogen-bond acceptors (Lipinski definition) is 4. The van der Waals surface area contributed by atoms with Gasteiger partial charge in [0, 0.05) is 24.0 Å². The smallest absolute Gasteiger partial charge is 0.123 e. The molecule has 0 aliphatic rings. The molecule has 0 amide bonds. The zero-order valence-electron chi connectivity index (χ0n) is 12.2. The van der Waals surface area contributed by atoms with Gasteiger partial charge in [0.25, 0.3) is 0 Å². The van der Waals surface area contributed by atoms with Crippen molar-refractivity contribution < 1.29 is 9.47 Å². The number of ether oxygens (including phenoxy) is 2. The van der Waals surface area contributed by atoms with Crippen LogP contribution in [0.4, 0.5) is 0 Å². The van der Waals surface area contributed by atoms with Gasteiger partial charge in [-0.2, -0.15) is 0 Å². The van der Waals surface area contributed by atoms with Crippen LogP contribution in [0.5, 0.6) is 11.5 Å². The maximum Gasteiger partial charge on any atom is 0.123 e. The molecule has 4 nitrogen and oxygen atoms in total. The fourth-order valence-corrected chi connectivity index (χ4v) is 2.18. The van der Waals surface area contributed by atoms with Gasteiger partial charge in [-0.15, -0.1) is 0 Å². The minimum absolute atomic E-state index is 0.0453. The first kappa shape index (κ1) is 15.6. The molecule has 1 heterocycles. The van der Waals surface area contributed by atoms with Gasteiger partial charge in [0.05, 0.1) is 12.1 Å². The van der Waals surface area contributed by atoms with Crippen LogP contribution in [0.15, 0.2) is 36.7 Å². The van der Waals surface area contributed by atoms with Crippen LogP contribution in [0, 0.1) is 0 Å². The fraction of sp³-hybridized carbons (Fsp3) is 0.312. The largest absolute Gasteiger partial charge is 0.497 e. The highest BCUT2D eigenvalue weighted by Crippen LogP contribution is 2.26. The van der Waals surface area contributed by atoms with E-state index in [1.807, 2.05) is 31.2 Å². The monoisotopic (exact) mass is 306 g/mol. The van der Waals surface area contributed by atoms with Gasteiger partial charge in [-0.05, 0) is 43.2 Å². The van der Waals surface area contributed by atoms with Crippen molar-refractivity contribution in [1.29, 1.82) is 0 Å². The van der Waals surface area contributed by atoms with Gasteiger partial charge >= 0.3 is 0 Å². The zero-order valence-corrected chi connectivity index (χ0v) is 12.9. The molecule has 0 spiro atoms. The average Bonchev–Trinajstić information content (AvgIpc) is 2.46. The summed E-state index contributed by atoms with van der Waals surface area (Å²) in [5.41, 5.74) is 7.81. The second kappa shape index (κ2) is 7.29. The molecular formula is C16H19ClN2O2. The van der Waals surface area contributed by atoms with Crippen LogP contribution in [-0.2, 0) is 13.0 Å². The summed E-state index contributed by atoms with van der Waals surface area (Å²) in [6.45, 7) is 2.35. The van der Waals surface area contributed by atoms with Gasteiger partial charge in [-0.1, -0.05) is 11.6 Å². The molecule has 21 heavy (non-hydrogen) atoms. The number of nitrogens with zero attached hydrogens (tertiary/aromatic N) is 1. The van der Waals surface area contributed by atoms with Crippen LogP contribution in [0.25, 0.3) is 0 Å². The Labute approximate surface area is 129 Å². The van der Waals surface area contributed by atoms with Gasteiger partial charge in [-0.25, -0.2) is 0 Å². The Balaban J connectivity index is 2.17. The van der Waals surface area contributed by atoms with Gasteiger partial charge in [0.15, 0.2) is 0 Å². The van der Waals surface area contributed by atoms with E-state index in [0.29, 0.717) is 11.6 Å². The van der Waals surface area contributed by atoms with Gasteiger partial charge < -0.3 is 15.2 Å². The third-order valence-corrected chi connectivity index (χ3v) is 3.39. The molecule has 2 aromatic rings. The van der Waals surface area contributed by atoms with E-state index in [1.54, 1.807) is 19.5 Å². The van der Waals surface area contributed by atoms with E-state index in [1.165, 1.54) is 0 Å². The van der Waals surface area contributed by atoms with Crippen molar-refractivity contribution in [3.8, 4) is 11.5 Å². The van der Waals surface area contributed by atoms with E-state index in [4.69, 9.17) is 26.8 Å². The Hall–Kier alpha value is -1.78. The summed E-state index contributed by atoms with van der Waals surface area (Å²) >= 11 is 6.08. The summed E-state index contributed by atoms with van der Waals surface area (Å²) in [4.78, 5) is 3.96. The van der Waals surface area contributed by atoms with Crippen molar-refractivity contribution in [2.75, 3.05) is 7.11 Å². The minimum atomic E-state index is 0.0453. The van der Waals surface area contributed by atoms with E-state index in [9.17, 15) is 0 Å². The third-order valence-electron chi connectivity index (χ3n) is 3.05. The number of methoxy groups -OCH3 is 1. The number of aromatic nitrogens is 1. The molecule has 1 aromatic heterocycles. The Morgan fingerprint density at radius 2 is 2.10 bits per heavy atom. The zero-order chi connectivity index (χ0) is 15.2. The van der Waals surface area contributed by atoms with Crippen molar-refractivity contribution in [2.45, 2.75) is 26.0 Å². The first-order valence-corrected chi connectivity index (χ1v) is 7.11. The van der Waals surface area contributed by atoms with Crippen LogP contribution in [0.2, 0.25) is 5.02 Å². The quantitative estimate of drug-likeness (QED) is 0.890. The first-order chi connectivity index (χ1) is 10.1. The van der Waals surface area contributed by atoms with Crippen LogP contribution in [0.3, 0.4) is 0 Å². The van der Waals surface area contributed by atoms with Crippen molar-refractivity contribution >= 4 is 11.6 Å². The highest BCUT2D eigenvalue weighted by molar-refractivity contribution is 6.31. The first-order valence-electron chi connectivity index (χ1n) is 6.74. The molecule has 0 fully saturated rings. The molecular weight excluding hydrogens is 288 g/mol. The van der Waals surface area contributed by atoms with Crippen LogP contribution in [0.1, 0.15) is 18.1 Å². The topological polar surface area (TPSA) is 57.4 Å². The molecule has 0 saturated carbocycles. The fourth-order valence-electron chi connectivity index (χ4n) is 2.01. The second-order valence-electron chi connectivity index (χ2n) is 4.91. The molecule has 112 valence electrons. The molecule has 2 N–H and O–H groups in total. The van der Waals surface area contributed by atoms with Crippen LogP contribution in [-0.4, -0.2) is 18.1 Å². The number of benzene rings is 1. The van der Waals surface area contributed by atoms with Gasteiger partial charge in [0.1, 0.15) is 18.1 Å². The molecule has 0 saturated heterocycles. The summed E-state index contributed by atoms with van der Waals surface area (Å²) in [7, 11) is 1.64. The predicted molar refractivity (Wildman–Crippen MR) is 83.9 cm³/mol. The maximum atomic E-state index is 6.08. The number of pyridine rings is 1. The molecule has 0 bridgehead atoms. The lowest BCUT2D eigenvalue weighted by Gasteiger charge is -2.15. The van der Waals surface area contributed by atoms with E-state index < -0.39 is 0 Å². The lowest BCUT2D eigenvalue weighted by molar-refractivity contribution is 0.301. The summed E-state index contributed by atoms with van der Waals surface area (Å²) in [6, 6.07) is 7.60. The number of nitrogens with two attached hydrogens (primary N) is 1. The van der Waals surface area contributed by atoms with E-state index in [-0.39, 0.29) is 6.04 Å². The normalized spacial score (nSPS) is 12.0. The Morgan fingerprint density at radius 3 is 2.76 bits per heavy atom. The average molecular weight is 307 g/mol. The number of rotatable bonds is 6. The summed E-state index contributed by atoms with van der Waals surface area (Å²) in [5.74, 6) is 1.58. The lowest BCUT2D eigenvalue weighted by Crippen LogP contribution is -2.18. The maximum absolute atomic E-state index is 6.08. The molecule has 1 unspecified atom stereocenters. The molecule has 0 aliphatic heterocycles. The van der Waals surface area contributed by atoms with E-state index in [2.05, 4.69) is 4.98 Å². The molecule has 0 radical (unpaired) electrons. The number of hydrogen-bond donors (Lipinski definition) is 1. The molecule has 5 heteroatoms. The Bertz CT molecular complexity index is 603. The summed E-state index contributed by atoms with van der Waals surface area (Å²) in [5, 5.41) is 0.597. The van der Waals surface area contributed by atoms with E-state index in [0.717, 1.165) is 29.0 Å². The van der Waals surface area contributed by atoms with Gasteiger partial charge in [-0.3, -0.25) is 4.98 Å². The van der Waals surface area contributed by atoms with Gasteiger partial charge in [0.2, 0.25) is 0 Å². The Kier molecular flexibility index (Phi) is 5.42.